The standard InChI is InChI=1S/C20H31N3O/c1-2-3-8-17-11-15-22(16-12-17)13-6-7-14-23-19-10-5-4-9-18(19)21-20(23)24/h4-5,9-10,17H,2-3,6-8,11-16H2,1H3,(H,21,24). The Bertz CT molecular complexity index is 679. The Labute approximate surface area is 144 Å². The van der Waals surface area contributed by atoms with Gasteiger partial charge in [-0.2, -0.15) is 0 Å². The second kappa shape index (κ2) is 8.52. The predicted molar refractivity (Wildman–Crippen MR) is 100 cm³/mol. The fourth-order valence-electron chi connectivity index (χ4n) is 3.93. The fourth-order valence-corrected chi connectivity index (χ4v) is 3.93. The number of piperidine rings is 1. The lowest BCUT2D eigenvalue weighted by atomic mass is 9.91. The molecule has 0 saturated carbocycles. The summed E-state index contributed by atoms with van der Waals surface area (Å²) >= 11 is 0. The smallest absolute Gasteiger partial charge is 0.306 e. The van der Waals surface area contributed by atoms with E-state index in [9.17, 15) is 4.79 Å². The van der Waals surface area contributed by atoms with Gasteiger partial charge in [-0.15, -0.1) is 0 Å². The number of nitrogens with zero attached hydrogens (tertiary/aromatic N) is 2. The number of rotatable bonds is 8. The summed E-state index contributed by atoms with van der Waals surface area (Å²) in [6, 6.07) is 7.95. The van der Waals surface area contributed by atoms with Crippen LogP contribution in [0.2, 0.25) is 0 Å². The number of imidazole rings is 1. The van der Waals surface area contributed by atoms with E-state index in [0.29, 0.717) is 0 Å². The molecule has 4 nitrogen and oxygen atoms in total. The average Bonchev–Trinajstić information content (AvgIpc) is 2.93. The largest absolute Gasteiger partial charge is 0.326 e. The van der Waals surface area contributed by atoms with E-state index in [-0.39, 0.29) is 5.69 Å². The minimum absolute atomic E-state index is 0.0212. The minimum atomic E-state index is 0.0212. The lowest BCUT2D eigenvalue weighted by molar-refractivity contribution is 0.174. The Morgan fingerprint density at radius 2 is 1.83 bits per heavy atom. The van der Waals surface area contributed by atoms with Crippen LogP contribution >= 0.6 is 0 Å². The van der Waals surface area contributed by atoms with E-state index in [1.807, 2.05) is 28.8 Å². The molecule has 2 heterocycles. The molecule has 2 aromatic rings. The second-order valence-electron chi connectivity index (χ2n) is 7.23. The highest BCUT2D eigenvalue weighted by atomic mass is 16.1. The molecule has 4 heteroatoms. The Kier molecular flexibility index (Phi) is 6.13. The summed E-state index contributed by atoms with van der Waals surface area (Å²) in [6.45, 7) is 6.81. The van der Waals surface area contributed by atoms with Crippen molar-refractivity contribution in [2.75, 3.05) is 19.6 Å². The SMILES string of the molecule is CCCCC1CCN(CCCCn2c(=O)[nH]c3ccccc32)CC1. The van der Waals surface area contributed by atoms with Crippen LogP contribution in [0.1, 0.15) is 51.9 Å². The number of likely N-dealkylation sites (tertiary alicyclic amines) is 1. The summed E-state index contributed by atoms with van der Waals surface area (Å²) < 4.78 is 1.88. The molecule has 1 saturated heterocycles. The molecular weight excluding hydrogens is 298 g/mol. The zero-order valence-electron chi connectivity index (χ0n) is 15.0. The molecule has 24 heavy (non-hydrogen) atoms. The van der Waals surface area contributed by atoms with Crippen LogP contribution in [-0.4, -0.2) is 34.1 Å². The van der Waals surface area contributed by atoms with Crippen LogP contribution in [0.4, 0.5) is 0 Å². The van der Waals surface area contributed by atoms with E-state index in [2.05, 4.69) is 16.8 Å². The molecule has 0 radical (unpaired) electrons. The van der Waals surface area contributed by atoms with Crippen molar-refractivity contribution < 1.29 is 0 Å². The summed E-state index contributed by atoms with van der Waals surface area (Å²) in [5.41, 5.74) is 1.99. The first-order valence-electron chi connectivity index (χ1n) is 9.68. The van der Waals surface area contributed by atoms with Gasteiger partial charge in [0.1, 0.15) is 0 Å². The number of hydrogen-bond acceptors (Lipinski definition) is 2. The number of hydrogen-bond donors (Lipinski definition) is 1. The highest BCUT2D eigenvalue weighted by molar-refractivity contribution is 5.74. The van der Waals surface area contributed by atoms with E-state index in [1.165, 1.54) is 58.2 Å². The number of unbranched alkanes of at least 4 members (excludes halogenated alkanes) is 2. The van der Waals surface area contributed by atoms with Crippen molar-refractivity contribution in [3.05, 3.63) is 34.7 Å². The second-order valence-corrected chi connectivity index (χ2v) is 7.23. The molecule has 1 aliphatic heterocycles. The van der Waals surface area contributed by atoms with Gasteiger partial charge in [0.2, 0.25) is 0 Å². The van der Waals surface area contributed by atoms with Gasteiger partial charge >= 0.3 is 5.69 Å². The van der Waals surface area contributed by atoms with E-state index in [0.717, 1.165) is 29.9 Å². The Morgan fingerprint density at radius 1 is 1.08 bits per heavy atom. The van der Waals surface area contributed by atoms with Gasteiger partial charge < -0.3 is 9.88 Å². The van der Waals surface area contributed by atoms with E-state index in [1.54, 1.807) is 0 Å². The van der Waals surface area contributed by atoms with E-state index in [4.69, 9.17) is 0 Å². The molecule has 0 aliphatic carbocycles. The highest BCUT2D eigenvalue weighted by Gasteiger charge is 2.18. The number of aromatic nitrogens is 2. The number of H-pyrrole nitrogens is 1. The van der Waals surface area contributed by atoms with Gasteiger partial charge in [-0.25, -0.2) is 4.79 Å². The van der Waals surface area contributed by atoms with Crippen molar-refractivity contribution in [2.24, 2.45) is 5.92 Å². The zero-order chi connectivity index (χ0) is 16.8. The van der Waals surface area contributed by atoms with E-state index >= 15 is 0 Å². The van der Waals surface area contributed by atoms with Gasteiger partial charge in [-0.05, 0) is 63.4 Å². The number of para-hydroxylation sites is 2. The average molecular weight is 329 g/mol. The molecule has 1 aliphatic rings. The summed E-state index contributed by atoms with van der Waals surface area (Å²) in [6.07, 6.45) is 9.14. The number of fused-ring (bicyclic) bond motifs is 1. The molecule has 0 bridgehead atoms. The summed E-state index contributed by atoms with van der Waals surface area (Å²) in [4.78, 5) is 17.6. The summed E-state index contributed by atoms with van der Waals surface area (Å²) in [7, 11) is 0. The molecule has 1 aromatic carbocycles. The third-order valence-corrected chi connectivity index (χ3v) is 5.46. The first kappa shape index (κ1) is 17.3. The van der Waals surface area contributed by atoms with Crippen molar-refractivity contribution in [2.45, 2.75) is 58.4 Å². The lowest BCUT2D eigenvalue weighted by Gasteiger charge is -2.32. The van der Waals surface area contributed by atoms with Crippen LogP contribution in [0.25, 0.3) is 11.0 Å². The van der Waals surface area contributed by atoms with Crippen LogP contribution in [-0.2, 0) is 6.54 Å². The third kappa shape index (κ3) is 4.29. The molecule has 1 aromatic heterocycles. The molecule has 0 amide bonds. The number of aromatic amines is 1. The van der Waals surface area contributed by atoms with Crippen LogP contribution in [0.3, 0.4) is 0 Å². The van der Waals surface area contributed by atoms with Gasteiger partial charge in [0, 0.05) is 6.54 Å². The Hall–Kier alpha value is -1.55. The van der Waals surface area contributed by atoms with Crippen molar-refractivity contribution in [1.82, 2.24) is 14.5 Å². The van der Waals surface area contributed by atoms with Crippen LogP contribution in [0.5, 0.6) is 0 Å². The van der Waals surface area contributed by atoms with Gasteiger partial charge in [0.05, 0.1) is 11.0 Å². The monoisotopic (exact) mass is 329 g/mol. The molecular formula is C20H31N3O. The molecule has 0 spiro atoms. The summed E-state index contributed by atoms with van der Waals surface area (Å²) in [5, 5.41) is 0. The van der Waals surface area contributed by atoms with Crippen LogP contribution in [0, 0.1) is 5.92 Å². The van der Waals surface area contributed by atoms with Crippen LogP contribution < -0.4 is 5.69 Å². The fraction of sp³-hybridized carbons (Fsp3) is 0.650. The molecule has 0 unspecified atom stereocenters. The molecule has 132 valence electrons. The maximum absolute atomic E-state index is 12.1. The van der Waals surface area contributed by atoms with Crippen LogP contribution in [0.15, 0.2) is 29.1 Å². The number of benzene rings is 1. The van der Waals surface area contributed by atoms with Crippen molar-refractivity contribution in [1.29, 1.82) is 0 Å². The van der Waals surface area contributed by atoms with Gasteiger partial charge in [-0.3, -0.25) is 4.57 Å². The molecule has 0 atom stereocenters. The van der Waals surface area contributed by atoms with Crippen molar-refractivity contribution >= 4 is 11.0 Å². The molecule has 1 N–H and O–H groups in total. The van der Waals surface area contributed by atoms with Crippen molar-refractivity contribution in [3.63, 3.8) is 0 Å². The first-order chi connectivity index (χ1) is 11.8. The minimum Gasteiger partial charge on any atom is -0.306 e. The highest BCUT2D eigenvalue weighted by Crippen LogP contribution is 2.22. The zero-order valence-corrected chi connectivity index (χ0v) is 15.0. The quantitative estimate of drug-likeness (QED) is 0.743. The van der Waals surface area contributed by atoms with Crippen molar-refractivity contribution in [3.8, 4) is 0 Å². The van der Waals surface area contributed by atoms with E-state index < -0.39 is 0 Å². The normalized spacial score (nSPS) is 16.9. The third-order valence-electron chi connectivity index (χ3n) is 5.46. The topological polar surface area (TPSA) is 41.0 Å². The summed E-state index contributed by atoms with van der Waals surface area (Å²) in [5.74, 6) is 0.964. The maximum Gasteiger partial charge on any atom is 0.326 e. The Morgan fingerprint density at radius 3 is 2.62 bits per heavy atom. The molecule has 1 fully saturated rings. The maximum atomic E-state index is 12.1. The lowest BCUT2D eigenvalue weighted by Crippen LogP contribution is -2.34. The number of nitrogens with one attached hydrogen (secondary N) is 1. The molecule has 3 rings (SSSR count). The van der Waals surface area contributed by atoms with Gasteiger partial charge in [0.15, 0.2) is 0 Å². The Balaban J connectivity index is 1.40. The van der Waals surface area contributed by atoms with Gasteiger partial charge in [-0.1, -0.05) is 38.3 Å². The van der Waals surface area contributed by atoms with Gasteiger partial charge in [0.25, 0.3) is 0 Å². The predicted octanol–water partition coefficient (Wildman–Crippen LogP) is 4.01. The number of aryl methyl sites for hydroxylation is 1. The first-order valence-corrected chi connectivity index (χ1v) is 9.68.